The fourth-order valence-corrected chi connectivity index (χ4v) is 4.19. The summed E-state index contributed by atoms with van der Waals surface area (Å²) in [5, 5.41) is 2.86. The van der Waals surface area contributed by atoms with E-state index in [1.165, 1.54) is 0 Å². The fraction of sp³-hybridized carbons (Fsp3) is 0.444. The molecule has 188 valence electrons. The van der Waals surface area contributed by atoms with Crippen molar-refractivity contribution in [3.63, 3.8) is 0 Å². The number of ether oxygens (including phenoxy) is 2. The Balaban J connectivity index is 1.94. The highest BCUT2D eigenvalue weighted by Gasteiger charge is 2.30. The lowest BCUT2D eigenvalue weighted by Crippen LogP contribution is -2.48. The van der Waals surface area contributed by atoms with Gasteiger partial charge in [0.15, 0.2) is 0 Å². The molecular weight excluding hydrogens is 446 g/mol. The number of nitrogens with one attached hydrogen (secondary N) is 1. The largest absolute Gasteiger partial charge is 0.491 e. The molecule has 0 spiro atoms. The van der Waals surface area contributed by atoms with Gasteiger partial charge in [-0.05, 0) is 31.2 Å². The summed E-state index contributed by atoms with van der Waals surface area (Å²) in [4.78, 5) is 42.1. The standard InChI is InChI=1S/C27H35N3O5/c1-6-25(31)30-15-18(2)24(34-5)16-29(4)27(33)22-13-12-21(14-23(22)35-17-19(30)3)28-26(32)20-10-8-7-9-11-20/h7-14,18-19,24H,6,15-17H2,1-5H3,(H,28,32)/t18-,19-,24-/m0/s1. The maximum absolute atomic E-state index is 13.3. The van der Waals surface area contributed by atoms with E-state index in [2.05, 4.69) is 5.32 Å². The summed E-state index contributed by atoms with van der Waals surface area (Å²) in [7, 11) is 3.35. The Morgan fingerprint density at radius 2 is 1.83 bits per heavy atom. The Kier molecular flexibility index (Phi) is 8.87. The number of likely N-dealkylation sites (N-methyl/N-ethyl adjacent to an activating group) is 1. The van der Waals surface area contributed by atoms with Crippen LogP contribution >= 0.6 is 0 Å². The van der Waals surface area contributed by atoms with Gasteiger partial charge in [0.1, 0.15) is 12.4 Å². The van der Waals surface area contributed by atoms with Gasteiger partial charge in [-0.25, -0.2) is 0 Å². The molecule has 8 heteroatoms. The monoisotopic (exact) mass is 481 g/mol. The van der Waals surface area contributed by atoms with Crippen molar-refractivity contribution in [2.75, 3.05) is 39.2 Å². The van der Waals surface area contributed by atoms with Gasteiger partial charge in [-0.3, -0.25) is 14.4 Å². The lowest BCUT2D eigenvalue weighted by molar-refractivity contribution is -0.135. The van der Waals surface area contributed by atoms with E-state index < -0.39 is 0 Å². The molecule has 0 bridgehead atoms. The maximum atomic E-state index is 13.3. The molecule has 1 aliphatic rings. The van der Waals surface area contributed by atoms with E-state index in [1.807, 2.05) is 31.7 Å². The van der Waals surface area contributed by atoms with Gasteiger partial charge in [-0.2, -0.15) is 0 Å². The Labute approximate surface area is 207 Å². The van der Waals surface area contributed by atoms with E-state index in [1.54, 1.807) is 61.5 Å². The predicted molar refractivity (Wildman–Crippen MR) is 135 cm³/mol. The number of fused-ring (bicyclic) bond motifs is 1. The minimum Gasteiger partial charge on any atom is -0.491 e. The van der Waals surface area contributed by atoms with Gasteiger partial charge in [-0.15, -0.1) is 0 Å². The first-order chi connectivity index (χ1) is 16.7. The number of hydrogen-bond donors (Lipinski definition) is 1. The fourth-order valence-electron chi connectivity index (χ4n) is 4.19. The normalized spacial score (nSPS) is 21.3. The summed E-state index contributed by atoms with van der Waals surface area (Å²) in [6, 6.07) is 13.7. The lowest BCUT2D eigenvalue weighted by atomic mass is 10.0. The SMILES string of the molecule is CCC(=O)N1C[C@H](C)[C@@H](OC)CN(C)C(=O)c2ccc(NC(=O)c3ccccc3)cc2OC[C@@H]1C. The highest BCUT2D eigenvalue weighted by molar-refractivity contribution is 6.05. The van der Waals surface area contributed by atoms with E-state index in [-0.39, 0.29) is 42.4 Å². The molecule has 1 aliphatic heterocycles. The number of anilines is 1. The second-order valence-electron chi connectivity index (χ2n) is 9.03. The molecule has 1 heterocycles. The Morgan fingerprint density at radius 1 is 1.11 bits per heavy atom. The van der Waals surface area contributed by atoms with E-state index in [9.17, 15) is 14.4 Å². The number of carbonyl (C=O) groups is 3. The van der Waals surface area contributed by atoms with Crippen molar-refractivity contribution >= 4 is 23.4 Å². The van der Waals surface area contributed by atoms with Gasteiger partial charge in [0.25, 0.3) is 11.8 Å². The summed E-state index contributed by atoms with van der Waals surface area (Å²) >= 11 is 0. The average Bonchev–Trinajstić information content (AvgIpc) is 2.87. The summed E-state index contributed by atoms with van der Waals surface area (Å²) < 4.78 is 11.8. The molecule has 0 saturated carbocycles. The van der Waals surface area contributed by atoms with Crippen molar-refractivity contribution < 1.29 is 23.9 Å². The second kappa shape index (κ2) is 11.8. The summed E-state index contributed by atoms with van der Waals surface area (Å²) in [5.74, 6) is -0.0563. The summed E-state index contributed by atoms with van der Waals surface area (Å²) in [6.07, 6.45) is 0.149. The minimum atomic E-state index is -0.257. The molecular formula is C27H35N3O5. The topological polar surface area (TPSA) is 88.2 Å². The zero-order valence-electron chi connectivity index (χ0n) is 21.1. The molecule has 1 N–H and O–H groups in total. The minimum absolute atomic E-state index is 0.0164. The molecule has 3 atom stereocenters. The van der Waals surface area contributed by atoms with Crippen molar-refractivity contribution in [3.05, 3.63) is 59.7 Å². The lowest BCUT2D eigenvalue weighted by Gasteiger charge is -2.36. The molecule has 0 aliphatic carbocycles. The molecule has 2 aromatic carbocycles. The van der Waals surface area contributed by atoms with Crippen molar-refractivity contribution in [2.24, 2.45) is 5.92 Å². The van der Waals surface area contributed by atoms with Crippen LogP contribution in [0.1, 0.15) is 47.9 Å². The molecule has 3 rings (SSSR count). The van der Waals surface area contributed by atoms with Gasteiger partial charge in [0, 0.05) is 56.9 Å². The van der Waals surface area contributed by atoms with Crippen LogP contribution in [-0.4, -0.2) is 73.5 Å². The van der Waals surface area contributed by atoms with E-state index in [4.69, 9.17) is 9.47 Å². The predicted octanol–water partition coefficient (Wildman–Crippen LogP) is 3.68. The van der Waals surface area contributed by atoms with Gasteiger partial charge in [0.2, 0.25) is 5.91 Å². The number of methoxy groups -OCH3 is 1. The van der Waals surface area contributed by atoms with Crippen LogP contribution in [0.5, 0.6) is 5.75 Å². The number of carbonyl (C=O) groups excluding carboxylic acids is 3. The summed E-state index contributed by atoms with van der Waals surface area (Å²) in [5.41, 5.74) is 1.42. The number of hydrogen-bond acceptors (Lipinski definition) is 5. The highest BCUT2D eigenvalue weighted by Crippen LogP contribution is 2.27. The van der Waals surface area contributed by atoms with Crippen LogP contribution in [0.4, 0.5) is 5.69 Å². The molecule has 0 saturated heterocycles. The van der Waals surface area contributed by atoms with Gasteiger partial charge in [0.05, 0.1) is 17.7 Å². The van der Waals surface area contributed by atoms with E-state index in [0.717, 1.165) is 0 Å². The van der Waals surface area contributed by atoms with Crippen molar-refractivity contribution in [1.29, 1.82) is 0 Å². The van der Waals surface area contributed by atoms with Crippen LogP contribution in [-0.2, 0) is 9.53 Å². The Hall–Kier alpha value is -3.39. The van der Waals surface area contributed by atoms with Crippen molar-refractivity contribution in [2.45, 2.75) is 39.3 Å². The Bertz CT molecular complexity index is 1040. The second-order valence-corrected chi connectivity index (χ2v) is 9.03. The quantitative estimate of drug-likeness (QED) is 0.720. The molecule has 3 amide bonds. The number of benzene rings is 2. The molecule has 0 aromatic heterocycles. The van der Waals surface area contributed by atoms with Crippen molar-refractivity contribution in [1.82, 2.24) is 9.80 Å². The van der Waals surface area contributed by atoms with Crippen LogP contribution in [0.25, 0.3) is 0 Å². The number of amides is 3. The van der Waals surface area contributed by atoms with Crippen LogP contribution in [0.3, 0.4) is 0 Å². The maximum Gasteiger partial charge on any atom is 0.257 e. The first kappa shape index (κ1) is 26.2. The average molecular weight is 482 g/mol. The third-order valence-corrected chi connectivity index (χ3v) is 6.36. The zero-order chi connectivity index (χ0) is 25.5. The molecule has 8 nitrogen and oxygen atoms in total. The Morgan fingerprint density at radius 3 is 2.49 bits per heavy atom. The van der Waals surface area contributed by atoms with Crippen molar-refractivity contribution in [3.8, 4) is 5.75 Å². The van der Waals surface area contributed by atoms with Gasteiger partial charge in [-0.1, -0.05) is 32.0 Å². The molecule has 2 aromatic rings. The third-order valence-electron chi connectivity index (χ3n) is 6.36. The first-order valence-corrected chi connectivity index (χ1v) is 12.0. The van der Waals surface area contributed by atoms with E-state index in [0.29, 0.717) is 42.1 Å². The smallest absolute Gasteiger partial charge is 0.257 e. The van der Waals surface area contributed by atoms with Crippen LogP contribution < -0.4 is 10.1 Å². The molecule has 0 radical (unpaired) electrons. The van der Waals surface area contributed by atoms with E-state index >= 15 is 0 Å². The third kappa shape index (κ3) is 6.39. The summed E-state index contributed by atoms with van der Waals surface area (Å²) in [6.45, 7) is 6.87. The van der Waals surface area contributed by atoms with Gasteiger partial charge >= 0.3 is 0 Å². The first-order valence-electron chi connectivity index (χ1n) is 12.0. The number of nitrogens with zero attached hydrogens (tertiary/aromatic N) is 2. The van der Waals surface area contributed by atoms with Gasteiger partial charge < -0.3 is 24.6 Å². The number of rotatable bonds is 4. The van der Waals surface area contributed by atoms with Crippen LogP contribution in [0.2, 0.25) is 0 Å². The molecule has 0 fully saturated rings. The van der Waals surface area contributed by atoms with Crippen LogP contribution in [0.15, 0.2) is 48.5 Å². The molecule has 35 heavy (non-hydrogen) atoms. The zero-order valence-corrected chi connectivity index (χ0v) is 21.1. The van der Waals surface area contributed by atoms with Crippen LogP contribution in [0, 0.1) is 5.92 Å². The highest BCUT2D eigenvalue weighted by atomic mass is 16.5. The molecule has 0 unspecified atom stereocenters.